The molecule has 0 aliphatic carbocycles. The zero-order valence-corrected chi connectivity index (χ0v) is 7.62. The van der Waals surface area contributed by atoms with Crippen molar-refractivity contribution in [1.82, 2.24) is 4.98 Å². The lowest BCUT2D eigenvalue weighted by Crippen LogP contribution is -2.34. The largest absolute Gasteiger partial charge is 0.506 e. The number of aryl methyl sites for hydroxylation is 1. The van der Waals surface area contributed by atoms with Gasteiger partial charge in [0, 0.05) is 24.7 Å². The van der Waals surface area contributed by atoms with Crippen molar-refractivity contribution in [3.05, 3.63) is 30.2 Å². The highest BCUT2D eigenvalue weighted by atomic mass is 16.3. The summed E-state index contributed by atoms with van der Waals surface area (Å²) in [6, 6.07) is 1.73. The van der Waals surface area contributed by atoms with E-state index >= 15 is 0 Å². The normalized spacial score (nSPS) is 15.8. The molecule has 0 unspecified atom stereocenters. The lowest BCUT2D eigenvalue weighted by atomic mass is 10.1. The number of rotatable bonds is 1. The number of anilines is 1. The molecule has 1 aromatic rings. The van der Waals surface area contributed by atoms with Crippen LogP contribution in [0.3, 0.4) is 0 Å². The maximum Gasteiger partial charge on any atom is 0.135 e. The third-order valence-corrected chi connectivity index (χ3v) is 2.34. The summed E-state index contributed by atoms with van der Waals surface area (Å²) < 4.78 is 0. The summed E-state index contributed by atoms with van der Waals surface area (Å²) in [4.78, 5) is 6.15. The molecular formula is C10H12N2O. The van der Waals surface area contributed by atoms with Crippen molar-refractivity contribution in [2.75, 3.05) is 11.4 Å². The van der Waals surface area contributed by atoms with Gasteiger partial charge in [-0.1, -0.05) is 6.58 Å². The van der Waals surface area contributed by atoms with Gasteiger partial charge < -0.3 is 10.0 Å². The quantitative estimate of drug-likeness (QED) is 0.709. The molecule has 0 bridgehead atoms. The molecule has 0 atom stereocenters. The Hall–Kier alpha value is -1.51. The molecule has 0 amide bonds. The Morgan fingerprint density at radius 2 is 2.38 bits per heavy atom. The van der Waals surface area contributed by atoms with E-state index in [1.165, 1.54) is 6.20 Å². The third-order valence-electron chi connectivity index (χ3n) is 2.34. The summed E-state index contributed by atoms with van der Waals surface area (Å²) in [5.74, 6) is 0.209. The van der Waals surface area contributed by atoms with Crippen LogP contribution in [0.1, 0.15) is 12.1 Å². The minimum Gasteiger partial charge on any atom is -0.506 e. The average Bonchev–Trinajstić information content (AvgIpc) is 2.09. The Bertz CT molecular complexity index is 360. The molecule has 2 rings (SSSR count). The number of aromatic nitrogens is 1. The van der Waals surface area contributed by atoms with Crippen molar-refractivity contribution in [1.29, 1.82) is 0 Å². The van der Waals surface area contributed by atoms with Crippen molar-refractivity contribution < 1.29 is 5.11 Å². The van der Waals surface area contributed by atoms with Crippen molar-refractivity contribution in [3.63, 3.8) is 0 Å². The number of hydrogen-bond donors (Lipinski definition) is 1. The highest BCUT2D eigenvalue weighted by molar-refractivity contribution is 5.60. The molecule has 0 spiro atoms. The number of nitrogens with zero attached hydrogens (tertiary/aromatic N) is 2. The average molecular weight is 176 g/mol. The maximum atomic E-state index is 9.27. The molecule has 0 aromatic carbocycles. The molecule has 0 saturated carbocycles. The van der Waals surface area contributed by atoms with Crippen LogP contribution < -0.4 is 4.90 Å². The van der Waals surface area contributed by atoms with E-state index in [-0.39, 0.29) is 5.75 Å². The van der Waals surface area contributed by atoms with Crippen LogP contribution in [0.15, 0.2) is 24.5 Å². The van der Waals surface area contributed by atoms with E-state index in [1.54, 1.807) is 6.07 Å². The van der Waals surface area contributed by atoms with Gasteiger partial charge in [-0.2, -0.15) is 0 Å². The second-order valence-corrected chi connectivity index (χ2v) is 3.27. The van der Waals surface area contributed by atoms with E-state index in [4.69, 9.17) is 0 Å². The van der Waals surface area contributed by atoms with E-state index in [0.29, 0.717) is 0 Å². The van der Waals surface area contributed by atoms with Gasteiger partial charge in [-0.15, -0.1) is 0 Å². The molecule has 68 valence electrons. The monoisotopic (exact) mass is 176 g/mol. The Kier molecular flexibility index (Phi) is 1.72. The topological polar surface area (TPSA) is 36.4 Å². The number of pyridine rings is 1. The smallest absolute Gasteiger partial charge is 0.135 e. The number of hydrogen-bond acceptors (Lipinski definition) is 3. The van der Waals surface area contributed by atoms with Crippen LogP contribution in [0.5, 0.6) is 5.75 Å². The van der Waals surface area contributed by atoms with E-state index in [2.05, 4.69) is 16.5 Å². The summed E-state index contributed by atoms with van der Waals surface area (Å²) >= 11 is 0. The fraction of sp³-hybridized carbons (Fsp3) is 0.300. The molecule has 13 heavy (non-hydrogen) atoms. The first-order valence-electron chi connectivity index (χ1n) is 4.29. The Balaban J connectivity index is 2.38. The van der Waals surface area contributed by atoms with Gasteiger partial charge in [0.2, 0.25) is 0 Å². The Morgan fingerprint density at radius 3 is 2.92 bits per heavy atom. The third kappa shape index (κ3) is 1.26. The van der Waals surface area contributed by atoms with Gasteiger partial charge in [0.1, 0.15) is 5.75 Å². The second kappa shape index (κ2) is 2.76. The molecule has 1 aromatic heterocycles. The van der Waals surface area contributed by atoms with E-state index in [9.17, 15) is 5.11 Å². The highest BCUT2D eigenvalue weighted by Gasteiger charge is 2.21. The standard InChI is InChI=1S/C10H12N2O/c1-7-3-4-12(7)10-5-9(13)6-11-8(10)2/h5-6,13H,1,3-4H2,2H3. The molecular weight excluding hydrogens is 164 g/mol. The van der Waals surface area contributed by atoms with E-state index in [1.807, 2.05) is 6.92 Å². The first kappa shape index (κ1) is 8.10. The van der Waals surface area contributed by atoms with Gasteiger partial charge in [-0.05, 0) is 6.92 Å². The van der Waals surface area contributed by atoms with Crippen LogP contribution in [0, 0.1) is 6.92 Å². The molecule has 0 radical (unpaired) electrons. The second-order valence-electron chi connectivity index (χ2n) is 3.27. The predicted octanol–water partition coefficient (Wildman–Crippen LogP) is 1.82. The first-order valence-corrected chi connectivity index (χ1v) is 4.29. The Morgan fingerprint density at radius 1 is 1.62 bits per heavy atom. The number of aromatic hydroxyl groups is 1. The predicted molar refractivity (Wildman–Crippen MR) is 51.7 cm³/mol. The van der Waals surface area contributed by atoms with E-state index < -0.39 is 0 Å². The van der Waals surface area contributed by atoms with E-state index in [0.717, 1.165) is 30.0 Å². The molecule has 1 saturated heterocycles. The van der Waals surface area contributed by atoms with Gasteiger partial charge in [-0.25, -0.2) is 0 Å². The molecule has 1 aliphatic heterocycles. The minimum absolute atomic E-state index is 0.209. The van der Waals surface area contributed by atoms with Crippen LogP contribution in [0.2, 0.25) is 0 Å². The molecule has 1 aliphatic rings. The van der Waals surface area contributed by atoms with Crippen LogP contribution in [-0.2, 0) is 0 Å². The van der Waals surface area contributed by atoms with Gasteiger partial charge in [-0.3, -0.25) is 4.98 Å². The van der Waals surface area contributed by atoms with Gasteiger partial charge >= 0.3 is 0 Å². The van der Waals surface area contributed by atoms with Crippen LogP contribution in [0.25, 0.3) is 0 Å². The van der Waals surface area contributed by atoms with Crippen molar-refractivity contribution >= 4 is 5.69 Å². The van der Waals surface area contributed by atoms with Crippen LogP contribution >= 0.6 is 0 Å². The summed E-state index contributed by atoms with van der Waals surface area (Å²) in [6.45, 7) is 6.81. The zero-order chi connectivity index (χ0) is 9.42. The Labute approximate surface area is 77.3 Å². The molecule has 2 heterocycles. The highest BCUT2D eigenvalue weighted by Crippen LogP contribution is 2.31. The van der Waals surface area contributed by atoms with Crippen LogP contribution in [-0.4, -0.2) is 16.6 Å². The summed E-state index contributed by atoms with van der Waals surface area (Å²) in [5.41, 5.74) is 2.99. The molecule has 3 nitrogen and oxygen atoms in total. The lowest BCUT2D eigenvalue weighted by Gasteiger charge is -2.36. The lowest BCUT2D eigenvalue weighted by molar-refractivity contribution is 0.472. The minimum atomic E-state index is 0.209. The fourth-order valence-corrected chi connectivity index (χ4v) is 1.46. The van der Waals surface area contributed by atoms with Gasteiger partial charge in [0.05, 0.1) is 17.6 Å². The summed E-state index contributed by atoms with van der Waals surface area (Å²) in [7, 11) is 0. The molecule has 3 heteroatoms. The molecule has 1 N–H and O–H groups in total. The van der Waals surface area contributed by atoms with Gasteiger partial charge in [0.25, 0.3) is 0 Å². The van der Waals surface area contributed by atoms with Crippen molar-refractivity contribution in [3.8, 4) is 5.75 Å². The van der Waals surface area contributed by atoms with Gasteiger partial charge in [0.15, 0.2) is 0 Å². The maximum absolute atomic E-state index is 9.27. The summed E-state index contributed by atoms with van der Waals surface area (Å²) in [6.07, 6.45) is 2.50. The van der Waals surface area contributed by atoms with Crippen LogP contribution in [0.4, 0.5) is 5.69 Å². The SMILES string of the molecule is C=C1CCN1c1cc(O)cnc1C. The van der Waals surface area contributed by atoms with Crippen molar-refractivity contribution in [2.45, 2.75) is 13.3 Å². The summed E-state index contributed by atoms with van der Waals surface area (Å²) in [5, 5.41) is 9.27. The molecule has 1 fully saturated rings. The van der Waals surface area contributed by atoms with Crippen molar-refractivity contribution in [2.24, 2.45) is 0 Å². The first-order chi connectivity index (χ1) is 6.18. The zero-order valence-electron chi connectivity index (χ0n) is 7.62. The fourth-order valence-electron chi connectivity index (χ4n) is 1.46.